The number of rotatable bonds is 4. The lowest BCUT2D eigenvalue weighted by Gasteiger charge is -2.09. The summed E-state index contributed by atoms with van der Waals surface area (Å²) in [5, 5.41) is 0. The number of carbonyl (C=O) groups excluding carboxylic acids is 1. The van der Waals surface area contributed by atoms with Gasteiger partial charge in [0.25, 0.3) is 0 Å². The maximum atomic E-state index is 10.6. The van der Waals surface area contributed by atoms with Gasteiger partial charge in [-0.25, -0.2) is 0 Å². The molecule has 2 aromatic carbocycles. The predicted molar refractivity (Wildman–Crippen MR) is 72.1 cm³/mol. The van der Waals surface area contributed by atoms with Gasteiger partial charge in [-0.05, 0) is 43.2 Å². The molecule has 0 spiro atoms. The van der Waals surface area contributed by atoms with Crippen LogP contribution < -0.4 is 4.74 Å². The zero-order chi connectivity index (χ0) is 13.0. The molecule has 0 aromatic heterocycles. The van der Waals surface area contributed by atoms with Crippen LogP contribution in [0.1, 0.15) is 27.0 Å². The van der Waals surface area contributed by atoms with Crippen molar-refractivity contribution in [3.63, 3.8) is 0 Å². The molecular formula is C16H16O2. The molecule has 0 unspecified atom stereocenters. The van der Waals surface area contributed by atoms with Crippen molar-refractivity contribution >= 4 is 6.29 Å². The van der Waals surface area contributed by atoms with Crippen LogP contribution in [0.4, 0.5) is 0 Å². The Morgan fingerprint density at radius 3 is 2.61 bits per heavy atom. The molecule has 0 aliphatic heterocycles. The van der Waals surface area contributed by atoms with Gasteiger partial charge in [0.2, 0.25) is 0 Å². The van der Waals surface area contributed by atoms with E-state index in [-0.39, 0.29) is 0 Å². The molecule has 18 heavy (non-hydrogen) atoms. The van der Waals surface area contributed by atoms with Gasteiger partial charge in [0.15, 0.2) is 0 Å². The summed E-state index contributed by atoms with van der Waals surface area (Å²) in [5.41, 5.74) is 4.03. The van der Waals surface area contributed by atoms with Crippen LogP contribution in [0, 0.1) is 13.8 Å². The van der Waals surface area contributed by atoms with E-state index in [1.807, 2.05) is 31.2 Å². The van der Waals surface area contributed by atoms with Gasteiger partial charge in [-0.3, -0.25) is 4.79 Å². The molecule has 0 aliphatic carbocycles. The standard InChI is InChI=1S/C16H16O2/c1-12-4-3-5-15(8-12)11-18-16-7-6-14(10-17)9-13(16)2/h3-10H,11H2,1-2H3. The molecule has 2 aromatic rings. The van der Waals surface area contributed by atoms with Crippen LogP contribution in [0.15, 0.2) is 42.5 Å². The maximum Gasteiger partial charge on any atom is 0.150 e. The average molecular weight is 240 g/mol. The number of carbonyl (C=O) groups is 1. The van der Waals surface area contributed by atoms with Crippen molar-refractivity contribution in [2.24, 2.45) is 0 Å². The largest absolute Gasteiger partial charge is 0.489 e. The number of aldehydes is 1. The van der Waals surface area contributed by atoms with Gasteiger partial charge in [-0.2, -0.15) is 0 Å². The van der Waals surface area contributed by atoms with Crippen LogP contribution in [0.3, 0.4) is 0 Å². The highest BCUT2D eigenvalue weighted by atomic mass is 16.5. The number of hydrogen-bond acceptors (Lipinski definition) is 2. The molecule has 0 bridgehead atoms. The molecule has 0 saturated carbocycles. The zero-order valence-corrected chi connectivity index (χ0v) is 10.6. The van der Waals surface area contributed by atoms with Gasteiger partial charge in [-0.1, -0.05) is 29.8 Å². The topological polar surface area (TPSA) is 26.3 Å². The van der Waals surface area contributed by atoms with Gasteiger partial charge in [0, 0.05) is 5.56 Å². The number of ether oxygens (including phenoxy) is 1. The van der Waals surface area contributed by atoms with E-state index in [1.54, 1.807) is 6.07 Å². The van der Waals surface area contributed by atoms with Crippen molar-refractivity contribution in [2.45, 2.75) is 20.5 Å². The summed E-state index contributed by atoms with van der Waals surface area (Å²) in [4.78, 5) is 10.6. The van der Waals surface area contributed by atoms with Crippen LogP contribution >= 0.6 is 0 Å². The van der Waals surface area contributed by atoms with E-state index in [4.69, 9.17) is 4.74 Å². The second-order valence-corrected chi connectivity index (χ2v) is 4.42. The van der Waals surface area contributed by atoms with Crippen molar-refractivity contribution in [2.75, 3.05) is 0 Å². The Labute approximate surface area is 107 Å². The first-order valence-corrected chi connectivity index (χ1v) is 5.93. The summed E-state index contributed by atoms with van der Waals surface area (Å²) in [6.45, 7) is 4.55. The third kappa shape index (κ3) is 2.98. The molecule has 0 saturated heterocycles. The summed E-state index contributed by atoms with van der Waals surface area (Å²) in [7, 11) is 0. The molecule has 0 fully saturated rings. The summed E-state index contributed by atoms with van der Waals surface area (Å²) in [5.74, 6) is 0.821. The van der Waals surface area contributed by atoms with E-state index in [9.17, 15) is 4.79 Å². The highest BCUT2D eigenvalue weighted by Gasteiger charge is 2.01. The van der Waals surface area contributed by atoms with Gasteiger partial charge in [-0.15, -0.1) is 0 Å². The molecule has 0 amide bonds. The number of hydrogen-bond donors (Lipinski definition) is 0. The first-order chi connectivity index (χ1) is 8.69. The molecule has 2 heteroatoms. The van der Waals surface area contributed by atoms with Gasteiger partial charge < -0.3 is 4.74 Å². The lowest BCUT2D eigenvalue weighted by atomic mass is 10.1. The first-order valence-electron chi connectivity index (χ1n) is 5.93. The lowest BCUT2D eigenvalue weighted by Crippen LogP contribution is -1.97. The Hall–Kier alpha value is -2.09. The fraction of sp³-hybridized carbons (Fsp3) is 0.188. The van der Waals surface area contributed by atoms with Crippen LogP contribution in [-0.4, -0.2) is 6.29 Å². The Bertz CT molecular complexity index is 559. The average Bonchev–Trinajstić information content (AvgIpc) is 2.37. The van der Waals surface area contributed by atoms with Gasteiger partial charge >= 0.3 is 0 Å². The fourth-order valence-corrected chi connectivity index (χ4v) is 1.87. The third-order valence-corrected chi connectivity index (χ3v) is 2.81. The van der Waals surface area contributed by atoms with E-state index in [1.165, 1.54) is 5.56 Å². The van der Waals surface area contributed by atoms with Crippen LogP contribution in [0.25, 0.3) is 0 Å². The Balaban J connectivity index is 2.08. The minimum atomic E-state index is 0.545. The normalized spacial score (nSPS) is 10.1. The minimum absolute atomic E-state index is 0.545. The minimum Gasteiger partial charge on any atom is -0.489 e. The monoisotopic (exact) mass is 240 g/mol. The molecule has 0 aliphatic rings. The third-order valence-electron chi connectivity index (χ3n) is 2.81. The quantitative estimate of drug-likeness (QED) is 0.762. The summed E-state index contributed by atoms with van der Waals surface area (Å²) < 4.78 is 5.76. The van der Waals surface area contributed by atoms with Crippen LogP contribution in [0.2, 0.25) is 0 Å². The second kappa shape index (κ2) is 5.50. The first kappa shape index (κ1) is 12.4. The van der Waals surface area contributed by atoms with Crippen LogP contribution in [-0.2, 0) is 6.61 Å². The van der Waals surface area contributed by atoms with E-state index < -0.39 is 0 Å². The fourth-order valence-electron chi connectivity index (χ4n) is 1.87. The Morgan fingerprint density at radius 1 is 1.11 bits per heavy atom. The zero-order valence-electron chi connectivity index (χ0n) is 10.6. The van der Waals surface area contributed by atoms with Crippen molar-refractivity contribution in [1.29, 1.82) is 0 Å². The molecule has 2 rings (SSSR count). The molecule has 92 valence electrons. The van der Waals surface area contributed by atoms with E-state index in [0.717, 1.165) is 23.2 Å². The molecule has 0 N–H and O–H groups in total. The summed E-state index contributed by atoms with van der Waals surface area (Å²) in [6, 6.07) is 13.7. The predicted octanol–water partition coefficient (Wildman–Crippen LogP) is 3.69. The smallest absolute Gasteiger partial charge is 0.150 e. The number of aryl methyl sites for hydroxylation is 2. The van der Waals surface area contributed by atoms with Crippen LogP contribution in [0.5, 0.6) is 5.75 Å². The molecule has 0 radical (unpaired) electrons. The Morgan fingerprint density at radius 2 is 1.94 bits per heavy atom. The van der Waals surface area contributed by atoms with Gasteiger partial charge in [0.1, 0.15) is 18.6 Å². The molecule has 0 atom stereocenters. The van der Waals surface area contributed by atoms with Crippen molar-refractivity contribution in [3.05, 3.63) is 64.7 Å². The number of benzene rings is 2. The molecule has 2 nitrogen and oxygen atoms in total. The maximum absolute atomic E-state index is 10.6. The van der Waals surface area contributed by atoms with Gasteiger partial charge in [0.05, 0.1) is 0 Å². The SMILES string of the molecule is Cc1cccc(COc2ccc(C=O)cc2C)c1. The second-order valence-electron chi connectivity index (χ2n) is 4.42. The van der Waals surface area contributed by atoms with E-state index in [2.05, 4.69) is 19.1 Å². The lowest BCUT2D eigenvalue weighted by molar-refractivity contribution is 0.112. The Kier molecular flexibility index (Phi) is 3.78. The van der Waals surface area contributed by atoms with Crippen molar-refractivity contribution < 1.29 is 9.53 Å². The molecule has 0 heterocycles. The van der Waals surface area contributed by atoms with E-state index in [0.29, 0.717) is 12.2 Å². The van der Waals surface area contributed by atoms with E-state index >= 15 is 0 Å². The van der Waals surface area contributed by atoms with Crippen molar-refractivity contribution in [1.82, 2.24) is 0 Å². The molecular weight excluding hydrogens is 224 g/mol. The highest BCUT2D eigenvalue weighted by molar-refractivity contribution is 5.75. The summed E-state index contributed by atoms with van der Waals surface area (Å²) >= 11 is 0. The van der Waals surface area contributed by atoms with Crippen molar-refractivity contribution in [3.8, 4) is 5.75 Å². The summed E-state index contributed by atoms with van der Waals surface area (Å²) in [6.07, 6.45) is 0.845. The highest BCUT2D eigenvalue weighted by Crippen LogP contribution is 2.20.